The van der Waals surface area contributed by atoms with Gasteiger partial charge < -0.3 is 9.74 Å². The number of rotatable bonds is 14. The van der Waals surface area contributed by atoms with Gasteiger partial charge in [-0.3, -0.25) is 0 Å². The third-order valence-corrected chi connectivity index (χ3v) is 7.37. The second kappa shape index (κ2) is 13.8. The van der Waals surface area contributed by atoms with Gasteiger partial charge in [0, 0.05) is 24.2 Å². The summed E-state index contributed by atoms with van der Waals surface area (Å²) in [6.45, 7) is 19.8. The predicted molar refractivity (Wildman–Crippen MR) is 151 cm³/mol. The van der Waals surface area contributed by atoms with Crippen LogP contribution in [0.15, 0.2) is 28.9 Å². The zero-order valence-electron chi connectivity index (χ0n) is 23.7. The standard InChI is InChI=1S/C31H50N2O2/c1-9-13-15-24(11-3)21-33(22-25(12-4)16-14-10-2)27-18-17-26(23(5)19-27)20-28-29(31(6,7)8)32-35-30(28)34/h17-20,24-25H,9-16,21-22H2,1-8H3. The summed E-state index contributed by atoms with van der Waals surface area (Å²) in [6.07, 6.45) is 12.1. The average molecular weight is 483 g/mol. The summed E-state index contributed by atoms with van der Waals surface area (Å²) in [5.41, 5.74) is 4.57. The van der Waals surface area contributed by atoms with Crippen molar-refractivity contribution in [2.75, 3.05) is 18.0 Å². The minimum Gasteiger partial charge on any atom is -0.371 e. The summed E-state index contributed by atoms with van der Waals surface area (Å²) in [7, 11) is 0. The molecule has 0 N–H and O–H groups in total. The minimum absolute atomic E-state index is 0.246. The van der Waals surface area contributed by atoms with Crippen LogP contribution in [0.25, 0.3) is 6.08 Å². The van der Waals surface area contributed by atoms with Gasteiger partial charge in [-0.2, -0.15) is 0 Å². The molecule has 2 atom stereocenters. The zero-order chi connectivity index (χ0) is 26.0. The van der Waals surface area contributed by atoms with Crippen LogP contribution in [0, 0.1) is 24.2 Å². The van der Waals surface area contributed by atoms with Gasteiger partial charge in [-0.25, -0.2) is 4.79 Å². The molecule has 0 fully saturated rings. The normalized spacial score (nSPS) is 16.9. The molecule has 0 aliphatic carbocycles. The Hall–Kier alpha value is -2.10. The first kappa shape index (κ1) is 29.1. The molecule has 0 spiro atoms. The summed E-state index contributed by atoms with van der Waals surface area (Å²) in [4.78, 5) is 20.1. The first-order chi connectivity index (χ1) is 16.6. The van der Waals surface area contributed by atoms with E-state index in [1.165, 1.54) is 62.6 Å². The zero-order valence-corrected chi connectivity index (χ0v) is 23.7. The Bertz CT molecular complexity index is 860. The van der Waals surface area contributed by atoms with Crippen LogP contribution in [0.3, 0.4) is 0 Å². The first-order valence-corrected chi connectivity index (χ1v) is 14.0. The Morgan fingerprint density at radius 1 is 0.971 bits per heavy atom. The molecule has 196 valence electrons. The summed E-state index contributed by atoms with van der Waals surface area (Å²) in [5, 5.41) is 4.06. The van der Waals surface area contributed by atoms with Gasteiger partial charge in [0.2, 0.25) is 0 Å². The summed E-state index contributed by atoms with van der Waals surface area (Å²) < 4.78 is 0. The van der Waals surface area contributed by atoms with Gasteiger partial charge in [-0.15, -0.1) is 0 Å². The lowest BCUT2D eigenvalue weighted by molar-refractivity contribution is -0.136. The lowest BCUT2D eigenvalue weighted by Gasteiger charge is -2.33. The minimum atomic E-state index is -0.358. The van der Waals surface area contributed by atoms with Crippen molar-refractivity contribution in [1.82, 2.24) is 0 Å². The number of carbonyl (C=O) groups is 1. The Morgan fingerprint density at radius 3 is 2.00 bits per heavy atom. The third-order valence-electron chi connectivity index (χ3n) is 7.37. The van der Waals surface area contributed by atoms with Crippen LogP contribution in [-0.4, -0.2) is 24.8 Å². The van der Waals surface area contributed by atoms with Crippen molar-refractivity contribution in [3.05, 3.63) is 34.9 Å². The molecule has 1 aromatic carbocycles. The fourth-order valence-electron chi connectivity index (χ4n) is 4.87. The lowest BCUT2D eigenvalue weighted by Crippen LogP contribution is -2.34. The molecule has 4 nitrogen and oxygen atoms in total. The second-order valence-electron chi connectivity index (χ2n) is 11.4. The van der Waals surface area contributed by atoms with Gasteiger partial charge in [-0.1, -0.05) is 98.2 Å². The molecule has 4 heteroatoms. The highest BCUT2D eigenvalue weighted by molar-refractivity contribution is 6.26. The number of hydrogen-bond donors (Lipinski definition) is 0. The van der Waals surface area contributed by atoms with Crippen LogP contribution in [0.4, 0.5) is 5.69 Å². The van der Waals surface area contributed by atoms with Crippen LogP contribution >= 0.6 is 0 Å². The number of anilines is 1. The molecule has 0 saturated heterocycles. The first-order valence-electron chi connectivity index (χ1n) is 14.0. The van der Waals surface area contributed by atoms with E-state index in [0.29, 0.717) is 5.57 Å². The molecule has 1 aliphatic rings. The highest BCUT2D eigenvalue weighted by Gasteiger charge is 2.34. The van der Waals surface area contributed by atoms with Gasteiger partial charge in [0.25, 0.3) is 0 Å². The van der Waals surface area contributed by atoms with Gasteiger partial charge in [0.1, 0.15) is 5.71 Å². The SMILES string of the molecule is CCCCC(CC)CN(CC(CC)CCCC)c1ccc(C=C2C(=O)ON=C2C(C)(C)C)c(C)c1. The van der Waals surface area contributed by atoms with Gasteiger partial charge >= 0.3 is 5.97 Å². The van der Waals surface area contributed by atoms with E-state index in [9.17, 15) is 4.79 Å². The maximum absolute atomic E-state index is 12.4. The van der Waals surface area contributed by atoms with E-state index in [1.54, 1.807) is 0 Å². The van der Waals surface area contributed by atoms with E-state index in [1.807, 2.05) is 6.08 Å². The van der Waals surface area contributed by atoms with Gasteiger partial charge in [-0.05, 0) is 60.9 Å². The van der Waals surface area contributed by atoms with Crippen molar-refractivity contribution in [2.45, 2.75) is 107 Å². The molecular formula is C31H50N2O2. The summed E-state index contributed by atoms with van der Waals surface area (Å²) in [5.74, 6) is 1.09. The van der Waals surface area contributed by atoms with E-state index in [0.717, 1.165) is 36.2 Å². The van der Waals surface area contributed by atoms with E-state index in [4.69, 9.17) is 4.84 Å². The molecule has 0 saturated carbocycles. The Morgan fingerprint density at radius 2 is 1.54 bits per heavy atom. The molecule has 2 rings (SSSR count). The second-order valence-corrected chi connectivity index (χ2v) is 11.4. The monoisotopic (exact) mass is 482 g/mol. The van der Waals surface area contributed by atoms with Crippen LogP contribution in [0.5, 0.6) is 0 Å². The third kappa shape index (κ3) is 8.51. The van der Waals surface area contributed by atoms with Gasteiger partial charge in [0.15, 0.2) is 0 Å². The van der Waals surface area contributed by atoms with Crippen molar-refractivity contribution < 1.29 is 9.63 Å². The maximum atomic E-state index is 12.4. The van der Waals surface area contributed by atoms with Crippen molar-refractivity contribution >= 4 is 23.4 Å². The van der Waals surface area contributed by atoms with Crippen LogP contribution in [0.1, 0.15) is 111 Å². The number of oxime groups is 1. The molecule has 1 aromatic rings. The van der Waals surface area contributed by atoms with E-state index >= 15 is 0 Å². The molecule has 0 aromatic heterocycles. The van der Waals surface area contributed by atoms with E-state index in [-0.39, 0.29) is 11.4 Å². The molecule has 35 heavy (non-hydrogen) atoms. The van der Waals surface area contributed by atoms with Crippen LogP contribution in [0.2, 0.25) is 0 Å². The molecule has 2 unspecified atom stereocenters. The van der Waals surface area contributed by atoms with E-state index < -0.39 is 0 Å². The smallest absolute Gasteiger partial charge is 0.367 e. The van der Waals surface area contributed by atoms with Crippen LogP contribution in [-0.2, 0) is 9.63 Å². The highest BCUT2D eigenvalue weighted by Crippen LogP contribution is 2.31. The molecule has 1 aliphatic heterocycles. The van der Waals surface area contributed by atoms with Gasteiger partial charge in [0.05, 0.1) is 5.57 Å². The van der Waals surface area contributed by atoms with Crippen molar-refractivity contribution in [2.24, 2.45) is 22.4 Å². The van der Waals surface area contributed by atoms with E-state index in [2.05, 4.69) is 83.6 Å². The highest BCUT2D eigenvalue weighted by atomic mass is 16.7. The average Bonchev–Trinajstić information content (AvgIpc) is 3.19. The Kier molecular flexibility index (Phi) is 11.5. The molecule has 1 heterocycles. The number of carbonyl (C=O) groups excluding carboxylic acids is 1. The Balaban J connectivity index is 2.35. The molecule has 0 amide bonds. The number of unbranched alkanes of at least 4 members (excludes halogenated alkanes) is 2. The largest absolute Gasteiger partial charge is 0.371 e. The quantitative estimate of drug-likeness (QED) is 0.197. The molecule has 0 radical (unpaired) electrons. The molecular weight excluding hydrogens is 432 g/mol. The number of hydrogen-bond acceptors (Lipinski definition) is 4. The van der Waals surface area contributed by atoms with Crippen LogP contribution < -0.4 is 4.90 Å². The number of benzene rings is 1. The molecule has 0 bridgehead atoms. The van der Waals surface area contributed by atoms with Crippen molar-refractivity contribution in [1.29, 1.82) is 0 Å². The predicted octanol–water partition coefficient (Wildman–Crippen LogP) is 8.58. The number of aryl methyl sites for hydroxylation is 1. The summed E-state index contributed by atoms with van der Waals surface area (Å²) >= 11 is 0. The fourth-order valence-corrected chi connectivity index (χ4v) is 4.87. The van der Waals surface area contributed by atoms with Crippen molar-refractivity contribution in [3.63, 3.8) is 0 Å². The topological polar surface area (TPSA) is 41.9 Å². The summed E-state index contributed by atoms with van der Waals surface area (Å²) in [6, 6.07) is 6.71. The number of nitrogens with zero attached hydrogens (tertiary/aromatic N) is 2. The maximum Gasteiger partial charge on any atom is 0.367 e. The lowest BCUT2D eigenvalue weighted by atomic mass is 9.85. The van der Waals surface area contributed by atoms with Crippen molar-refractivity contribution in [3.8, 4) is 0 Å². The Labute approximate surface area is 215 Å². The fraction of sp³-hybridized carbons (Fsp3) is 0.677.